The smallest absolute Gasteiger partial charge is 0.131 e. The van der Waals surface area contributed by atoms with Gasteiger partial charge in [-0.2, -0.15) is 0 Å². The van der Waals surface area contributed by atoms with Gasteiger partial charge < -0.3 is 10.5 Å². The summed E-state index contributed by atoms with van der Waals surface area (Å²) in [6, 6.07) is 8.73. The molecule has 3 rings (SSSR count). The molecule has 2 atom stereocenters. The van der Waals surface area contributed by atoms with Gasteiger partial charge in [0.15, 0.2) is 0 Å². The fourth-order valence-corrected chi connectivity index (χ4v) is 2.76. The normalized spacial score (nSPS) is 21.2. The maximum atomic E-state index is 14.0. The maximum Gasteiger partial charge on any atom is 0.131 e. The van der Waals surface area contributed by atoms with Crippen molar-refractivity contribution in [2.24, 2.45) is 5.73 Å². The summed E-state index contributed by atoms with van der Waals surface area (Å²) in [5.74, 6) is -0.375. The summed E-state index contributed by atoms with van der Waals surface area (Å²) in [5.41, 5.74) is 7.25. The average molecular weight is 340 g/mol. The Morgan fingerprint density at radius 2 is 1.85 bits per heavy atom. The second kappa shape index (κ2) is 5.14. The van der Waals surface area contributed by atoms with Gasteiger partial charge in [0.25, 0.3) is 0 Å². The van der Waals surface area contributed by atoms with Gasteiger partial charge >= 0.3 is 0 Å². The highest BCUT2D eigenvalue weighted by Gasteiger charge is 2.29. The fourth-order valence-electron chi connectivity index (χ4n) is 2.43. The molecule has 1 aliphatic rings. The van der Waals surface area contributed by atoms with Crippen molar-refractivity contribution in [2.45, 2.75) is 18.6 Å². The van der Waals surface area contributed by atoms with Crippen LogP contribution >= 0.6 is 15.9 Å². The first kappa shape index (κ1) is 13.5. The predicted molar refractivity (Wildman–Crippen MR) is 75.4 cm³/mol. The van der Waals surface area contributed by atoms with Crippen LogP contribution in [0.1, 0.15) is 29.7 Å². The minimum absolute atomic E-state index is 0.299. The molecular formula is C15H12BrF2NO. The monoisotopic (exact) mass is 339 g/mol. The zero-order valence-electron chi connectivity index (χ0n) is 10.4. The number of ether oxygens (including phenoxy) is 1. The molecule has 2 N–H and O–H groups in total. The largest absolute Gasteiger partial charge is 0.485 e. The lowest BCUT2D eigenvalue weighted by Gasteiger charge is -2.30. The zero-order valence-corrected chi connectivity index (χ0v) is 12.0. The summed E-state index contributed by atoms with van der Waals surface area (Å²) in [4.78, 5) is 0. The van der Waals surface area contributed by atoms with Gasteiger partial charge in [-0.1, -0.05) is 28.1 Å². The molecule has 0 bridgehead atoms. The van der Waals surface area contributed by atoms with Crippen molar-refractivity contribution in [3.05, 3.63) is 63.6 Å². The maximum absolute atomic E-state index is 14.0. The van der Waals surface area contributed by atoms with Crippen LogP contribution in [0.2, 0.25) is 0 Å². The summed E-state index contributed by atoms with van der Waals surface area (Å²) in [7, 11) is 0. The molecule has 0 fully saturated rings. The van der Waals surface area contributed by atoms with E-state index in [9.17, 15) is 8.78 Å². The Kier molecular flexibility index (Phi) is 3.48. The van der Waals surface area contributed by atoms with Crippen LogP contribution in [0.25, 0.3) is 0 Å². The number of hydrogen-bond donors (Lipinski definition) is 1. The molecule has 1 heterocycles. The lowest BCUT2D eigenvalue weighted by Crippen LogP contribution is -2.24. The van der Waals surface area contributed by atoms with Crippen molar-refractivity contribution in [2.75, 3.05) is 0 Å². The van der Waals surface area contributed by atoms with E-state index < -0.39 is 11.9 Å². The van der Waals surface area contributed by atoms with Gasteiger partial charge in [0.1, 0.15) is 23.5 Å². The van der Waals surface area contributed by atoms with Crippen LogP contribution in [0, 0.1) is 11.6 Å². The van der Waals surface area contributed by atoms with E-state index >= 15 is 0 Å². The molecule has 2 aromatic rings. The molecule has 2 aromatic carbocycles. The van der Waals surface area contributed by atoms with Crippen molar-refractivity contribution >= 4 is 15.9 Å². The molecule has 2 unspecified atom stereocenters. The second-order valence-electron chi connectivity index (χ2n) is 4.80. The third kappa shape index (κ3) is 2.43. The number of hydrogen-bond acceptors (Lipinski definition) is 2. The molecule has 0 saturated carbocycles. The molecule has 0 saturated heterocycles. The van der Waals surface area contributed by atoms with Crippen molar-refractivity contribution < 1.29 is 13.5 Å². The first-order valence-electron chi connectivity index (χ1n) is 6.21. The highest BCUT2D eigenvalue weighted by atomic mass is 79.9. The van der Waals surface area contributed by atoms with Gasteiger partial charge in [-0.3, -0.25) is 0 Å². The molecule has 20 heavy (non-hydrogen) atoms. The average Bonchev–Trinajstić information content (AvgIpc) is 2.37. The number of rotatable bonds is 1. The zero-order chi connectivity index (χ0) is 14.3. The quantitative estimate of drug-likeness (QED) is 0.842. The third-order valence-corrected chi connectivity index (χ3v) is 3.91. The highest BCUT2D eigenvalue weighted by molar-refractivity contribution is 9.10. The minimum Gasteiger partial charge on any atom is -0.485 e. The first-order chi connectivity index (χ1) is 9.54. The van der Waals surface area contributed by atoms with E-state index in [1.807, 2.05) is 0 Å². The summed E-state index contributed by atoms with van der Waals surface area (Å²) in [6.45, 7) is 0. The Labute approximate surface area is 123 Å². The Balaban J connectivity index is 1.98. The minimum atomic E-state index is -0.507. The van der Waals surface area contributed by atoms with E-state index in [4.69, 9.17) is 10.5 Å². The topological polar surface area (TPSA) is 35.2 Å². The van der Waals surface area contributed by atoms with Crippen molar-refractivity contribution in [3.8, 4) is 5.75 Å². The van der Waals surface area contributed by atoms with Crippen LogP contribution in [-0.2, 0) is 0 Å². The molecule has 104 valence electrons. The Morgan fingerprint density at radius 1 is 1.10 bits per heavy atom. The van der Waals surface area contributed by atoms with Crippen molar-refractivity contribution in [1.82, 2.24) is 0 Å². The van der Waals surface area contributed by atoms with Gasteiger partial charge in [-0.05, 0) is 18.2 Å². The number of nitrogens with two attached hydrogens (primary N) is 1. The molecule has 0 spiro atoms. The van der Waals surface area contributed by atoms with Gasteiger partial charge in [0.2, 0.25) is 0 Å². The molecule has 0 radical (unpaired) electrons. The predicted octanol–water partition coefficient (Wildman–Crippen LogP) is 4.25. The van der Waals surface area contributed by atoms with Crippen molar-refractivity contribution in [1.29, 1.82) is 0 Å². The number of benzene rings is 2. The Hall–Kier alpha value is -1.46. The standard InChI is InChI=1S/C15H12BrF2NO/c16-8-1-3-10(12(18)5-8)15-7-13(19)11-4-2-9(17)6-14(11)20-15/h1-6,13,15H,7,19H2. The van der Waals surface area contributed by atoms with E-state index in [1.165, 1.54) is 18.2 Å². The van der Waals surface area contributed by atoms with Crippen LogP contribution in [0.15, 0.2) is 40.9 Å². The second-order valence-corrected chi connectivity index (χ2v) is 5.71. The molecule has 5 heteroatoms. The lowest BCUT2D eigenvalue weighted by molar-refractivity contribution is 0.156. The van der Waals surface area contributed by atoms with E-state index in [0.717, 1.165) is 5.56 Å². The van der Waals surface area contributed by atoms with E-state index in [0.29, 0.717) is 22.2 Å². The third-order valence-electron chi connectivity index (χ3n) is 3.42. The van der Waals surface area contributed by atoms with Crippen LogP contribution in [0.4, 0.5) is 8.78 Å². The van der Waals surface area contributed by atoms with Crippen LogP contribution < -0.4 is 10.5 Å². The molecule has 0 amide bonds. The molecular weight excluding hydrogens is 328 g/mol. The van der Waals surface area contributed by atoms with E-state index in [-0.39, 0.29) is 11.9 Å². The van der Waals surface area contributed by atoms with E-state index in [2.05, 4.69) is 15.9 Å². The fraction of sp³-hybridized carbons (Fsp3) is 0.200. The first-order valence-corrected chi connectivity index (χ1v) is 7.00. The van der Waals surface area contributed by atoms with Crippen LogP contribution in [-0.4, -0.2) is 0 Å². The summed E-state index contributed by atoms with van der Waals surface area (Å²) in [6.07, 6.45) is -0.0515. The summed E-state index contributed by atoms with van der Waals surface area (Å²) in [5, 5.41) is 0. The van der Waals surface area contributed by atoms with E-state index in [1.54, 1.807) is 18.2 Å². The van der Waals surface area contributed by atoms with Gasteiger partial charge in [0, 0.05) is 34.1 Å². The Bertz CT molecular complexity index is 662. The number of halogens is 3. The molecule has 0 aliphatic carbocycles. The van der Waals surface area contributed by atoms with Gasteiger partial charge in [-0.25, -0.2) is 8.78 Å². The van der Waals surface area contributed by atoms with Gasteiger partial charge in [-0.15, -0.1) is 0 Å². The Morgan fingerprint density at radius 3 is 2.60 bits per heavy atom. The summed E-state index contributed by atoms with van der Waals surface area (Å²) < 4.78 is 33.6. The molecule has 0 aromatic heterocycles. The lowest BCUT2D eigenvalue weighted by atomic mass is 9.93. The molecule has 1 aliphatic heterocycles. The SMILES string of the molecule is NC1CC(c2ccc(Br)cc2F)Oc2cc(F)ccc21. The highest BCUT2D eigenvalue weighted by Crippen LogP contribution is 2.40. The molecule has 2 nitrogen and oxygen atoms in total. The van der Waals surface area contributed by atoms with Crippen LogP contribution in [0.5, 0.6) is 5.75 Å². The summed E-state index contributed by atoms with van der Waals surface area (Å²) >= 11 is 3.21. The van der Waals surface area contributed by atoms with Crippen molar-refractivity contribution in [3.63, 3.8) is 0 Å². The number of fused-ring (bicyclic) bond motifs is 1. The van der Waals surface area contributed by atoms with Gasteiger partial charge in [0.05, 0.1) is 0 Å². The van der Waals surface area contributed by atoms with Crippen LogP contribution in [0.3, 0.4) is 0 Å².